The molecule has 2 amide bonds. The maximum atomic E-state index is 12.3. The van der Waals surface area contributed by atoms with E-state index in [-0.39, 0.29) is 11.8 Å². The average molecular weight is 380 g/mol. The zero-order valence-electron chi connectivity index (χ0n) is 15.1. The molecule has 0 saturated heterocycles. The Morgan fingerprint density at radius 2 is 1.70 bits per heavy atom. The van der Waals surface area contributed by atoms with Gasteiger partial charge in [-0.3, -0.25) is 14.9 Å². The number of carbonyl (C=O) groups excluding carboxylic acids is 2. The number of nitrogens with zero attached hydrogens (tertiary/aromatic N) is 1. The second kappa shape index (κ2) is 8.46. The summed E-state index contributed by atoms with van der Waals surface area (Å²) in [7, 11) is 0. The van der Waals surface area contributed by atoms with E-state index in [2.05, 4.69) is 20.9 Å². The van der Waals surface area contributed by atoms with Crippen molar-refractivity contribution < 1.29 is 9.59 Å². The van der Waals surface area contributed by atoms with Gasteiger partial charge >= 0.3 is 0 Å². The number of hydrogen-bond donors (Lipinski definition) is 3. The fourth-order valence-corrected chi connectivity index (χ4v) is 3.17. The maximum Gasteiger partial charge on any atom is 0.257 e. The van der Waals surface area contributed by atoms with Crippen LogP contribution < -0.4 is 16.0 Å². The van der Waals surface area contributed by atoms with Crippen molar-refractivity contribution in [3.05, 3.63) is 70.7 Å². The molecule has 3 rings (SSSR count). The summed E-state index contributed by atoms with van der Waals surface area (Å²) in [6.45, 7) is 3.94. The predicted molar refractivity (Wildman–Crippen MR) is 109 cm³/mol. The zero-order valence-corrected chi connectivity index (χ0v) is 15.9. The molecule has 0 saturated carbocycles. The highest BCUT2D eigenvalue weighted by Gasteiger charge is 2.08. The number of aryl methyl sites for hydroxylation is 1. The van der Waals surface area contributed by atoms with E-state index in [1.807, 2.05) is 48.7 Å². The van der Waals surface area contributed by atoms with Crippen molar-refractivity contribution in [1.29, 1.82) is 0 Å². The van der Waals surface area contributed by atoms with Crippen LogP contribution in [0.1, 0.15) is 28.5 Å². The zero-order chi connectivity index (χ0) is 19.2. The highest BCUT2D eigenvalue weighted by atomic mass is 32.1. The predicted octanol–water partition coefficient (Wildman–Crippen LogP) is 4.27. The van der Waals surface area contributed by atoms with Crippen molar-refractivity contribution >= 4 is 39.7 Å². The van der Waals surface area contributed by atoms with Gasteiger partial charge in [0.1, 0.15) is 0 Å². The van der Waals surface area contributed by atoms with Crippen LogP contribution in [-0.4, -0.2) is 16.8 Å². The van der Waals surface area contributed by atoms with Gasteiger partial charge in [-0.2, -0.15) is 0 Å². The Bertz CT molecular complexity index is 951. The van der Waals surface area contributed by atoms with Crippen molar-refractivity contribution in [2.24, 2.45) is 0 Å². The number of hydrogen-bond acceptors (Lipinski definition) is 5. The van der Waals surface area contributed by atoms with Crippen LogP contribution in [0.15, 0.2) is 53.9 Å². The van der Waals surface area contributed by atoms with Gasteiger partial charge in [0.15, 0.2) is 5.13 Å². The van der Waals surface area contributed by atoms with Gasteiger partial charge in [0.25, 0.3) is 5.91 Å². The first-order chi connectivity index (χ1) is 13.0. The maximum absolute atomic E-state index is 12.3. The molecule has 0 bridgehead atoms. The lowest BCUT2D eigenvalue weighted by molar-refractivity contribution is -0.114. The molecule has 7 heteroatoms. The molecule has 2 aromatic carbocycles. The smallest absolute Gasteiger partial charge is 0.257 e. The van der Waals surface area contributed by atoms with Gasteiger partial charge in [0.2, 0.25) is 5.91 Å². The Balaban J connectivity index is 1.61. The van der Waals surface area contributed by atoms with Gasteiger partial charge in [0.05, 0.1) is 17.1 Å². The fraction of sp³-hybridized carbons (Fsp3) is 0.150. The summed E-state index contributed by atoms with van der Waals surface area (Å²) in [5.74, 6) is -0.296. The summed E-state index contributed by atoms with van der Waals surface area (Å²) in [5.41, 5.74) is 4.06. The number of carbonyl (C=O) groups is 2. The molecule has 27 heavy (non-hydrogen) atoms. The number of aromatic nitrogens is 1. The minimum Gasteiger partial charge on any atom is -0.379 e. The largest absolute Gasteiger partial charge is 0.379 e. The van der Waals surface area contributed by atoms with E-state index < -0.39 is 0 Å². The first-order valence-corrected chi connectivity index (χ1v) is 9.32. The summed E-state index contributed by atoms with van der Waals surface area (Å²) in [4.78, 5) is 27.8. The molecule has 0 atom stereocenters. The third kappa shape index (κ3) is 5.15. The van der Waals surface area contributed by atoms with Crippen LogP contribution in [0.4, 0.5) is 16.5 Å². The van der Waals surface area contributed by atoms with Crippen LogP contribution in [0, 0.1) is 6.92 Å². The van der Waals surface area contributed by atoms with E-state index in [1.54, 1.807) is 12.1 Å². The van der Waals surface area contributed by atoms with E-state index in [9.17, 15) is 9.59 Å². The first kappa shape index (κ1) is 18.6. The van der Waals surface area contributed by atoms with Gasteiger partial charge in [-0.25, -0.2) is 4.98 Å². The van der Waals surface area contributed by atoms with Crippen molar-refractivity contribution in [3.8, 4) is 0 Å². The minimum absolute atomic E-state index is 0.116. The van der Waals surface area contributed by atoms with Gasteiger partial charge < -0.3 is 10.6 Å². The monoisotopic (exact) mass is 380 g/mol. The van der Waals surface area contributed by atoms with Gasteiger partial charge in [-0.1, -0.05) is 24.3 Å². The molecule has 6 nitrogen and oxygen atoms in total. The van der Waals surface area contributed by atoms with Gasteiger partial charge in [-0.15, -0.1) is 11.3 Å². The molecule has 0 aliphatic heterocycles. The SMILES string of the molecule is CC(=O)Nc1ccccc1NCc1ccc(C(=O)Nc2nc(C)cs2)cc1. The Labute approximate surface area is 161 Å². The minimum atomic E-state index is -0.181. The molecule has 3 aromatic rings. The average Bonchev–Trinajstić information content (AvgIpc) is 3.05. The van der Waals surface area contributed by atoms with Crippen LogP contribution in [0.25, 0.3) is 0 Å². The van der Waals surface area contributed by atoms with E-state index in [0.717, 1.165) is 22.6 Å². The Morgan fingerprint density at radius 3 is 2.33 bits per heavy atom. The highest BCUT2D eigenvalue weighted by Crippen LogP contribution is 2.22. The summed E-state index contributed by atoms with van der Waals surface area (Å²) in [6, 6.07) is 14.9. The van der Waals surface area contributed by atoms with Crippen molar-refractivity contribution in [1.82, 2.24) is 4.98 Å². The van der Waals surface area contributed by atoms with Crippen molar-refractivity contribution in [2.45, 2.75) is 20.4 Å². The molecular formula is C20H20N4O2S. The van der Waals surface area contributed by atoms with E-state index in [4.69, 9.17) is 0 Å². The summed E-state index contributed by atoms with van der Waals surface area (Å²) in [6.07, 6.45) is 0. The Morgan fingerprint density at radius 1 is 1.00 bits per heavy atom. The number of thiazole rings is 1. The summed E-state index contributed by atoms with van der Waals surface area (Å²) in [5, 5.41) is 11.4. The molecule has 0 radical (unpaired) electrons. The molecule has 1 aromatic heterocycles. The van der Waals surface area contributed by atoms with Gasteiger partial charge in [0, 0.05) is 24.4 Å². The third-order valence-electron chi connectivity index (χ3n) is 3.78. The molecule has 0 unspecified atom stereocenters. The third-order valence-corrected chi connectivity index (χ3v) is 4.65. The fourth-order valence-electron chi connectivity index (χ4n) is 2.49. The number of anilines is 3. The van der Waals surface area contributed by atoms with Crippen LogP contribution in [-0.2, 0) is 11.3 Å². The molecule has 138 valence electrons. The van der Waals surface area contributed by atoms with E-state index >= 15 is 0 Å². The number of amides is 2. The molecule has 0 aliphatic carbocycles. The molecule has 0 aliphatic rings. The Hall–Kier alpha value is -3.19. The van der Waals surface area contributed by atoms with E-state index in [1.165, 1.54) is 18.3 Å². The van der Waals surface area contributed by atoms with Crippen LogP contribution >= 0.6 is 11.3 Å². The number of para-hydroxylation sites is 2. The lowest BCUT2D eigenvalue weighted by atomic mass is 10.1. The van der Waals surface area contributed by atoms with Crippen LogP contribution in [0.2, 0.25) is 0 Å². The number of benzene rings is 2. The quantitative estimate of drug-likeness (QED) is 0.596. The Kier molecular flexibility index (Phi) is 5.83. The lowest BCUT2D eigenvalue weighted by Crippen LogP contribution is -2.12. The van der Waals surface area contributed by atoms with Gasteiger partial charge in [-0.05, 0) is 36.8 Å². The normalized spacial score (nSPS) is 10.3. The molecular weight excluding hydrogens is 360 g/mol. The summed E-state index contributed by atoms with van der Waals surface area (Å²) >= 11 is 1.40. The summed E-state index contributed by atoms with van der Waals surface area (Å²) < 4.78 is 0. The number of rotatable bonds is 6. The highest BCUT2D eigenvalue weighted by molar-refractivity contribution is 7.13. The standard InChI is InChI=1S/C20H20N4O2S/c1-13-12-27-20(22-13)24-19(26)16-9-7-15(8-10-16)11-21-17-5-3-4-6-18(17)23-14(2)25/h3-10,12,21H,11H2,1-2H3,(H,23,25)(H,22,24,26). The van der Waals surface area contributed by atoms with E-state index in [0.29, 0.717) is 17.2 Å². The molecule has 0 fully saturated rings. The molecule has 0 spiro atoms. The van der Waals surface area contributed by atoms with Crippen molar-refractivity contribution in [3.63, 3.8) is 0 Å². The molecule has 1 heterocycles. The molecule has 3 N–H and O–H groups in total. The topological polar surface area (TPSA) is 83.1 Å². The van der Waals surface area contributed by atoms with Crippen LogP contribution in [0.5, 0.6) is 0 Å². The second-order valence-electron chi connectivity index (χ2n) is 6.03. The van der Waals surface area contributed by atoms with Crippen LogP contribution in [0.3, 0.4) is 0 Å². The lowest BCUT2D eigenvalue weighted by Gasteiger charge is -2.12. The first-order valence-electron chi connectivity index (χ1n) is 8.44. The van der Waals surface area contributed by atoms with Crippen molar-refractivity contribution in [2.75, 3.05) is 16.0 Å². The second-order valence-corrected chi connectivity index (χ2v) is 6.88. The number of nitrogens with one attached hydrogen (secondary N) is 3.